The van der Waals surface area contributed by atoms with Gasteiger partial charge in [0.25, 0.3) is 0 Å². The van der Waals surface area contributed by atoms with Crippen molar-refractivity contribution in [2.24, 2.45) is 5.92 Å². The number of anilines is 1. The molecule has 0 amide bonds. The van der Waals surface area contributed by atoms with Crippen LogP contribution in [0.5, 0.6) is 0 Å². The van der Waals surface area contributed by atoms with Gasteiger partial charge in [-0.2, -0.15) is 0 Å². The molecule has 0 spiro atoms. The first kappa shape index (κ1) is 10.5. The zero-order valence-electron chi connectivity index (χ0n) is 9.22. The van der Waals surface area contributed by atoms with Crippen molar-refractivity contribution in [3.05, 3.63) is 29.6 Å². The fourth-order valence-corrected chi connectivity index (χ4v) is 2.29. The van der Waals surface area contributed by atoms with Crippen LogP contribution in [-0.4, -0.2) is 6.54 Å². The minimum Gasteiger partial charge on any atom is -0.385 e. The van der Waals surface area contributed by atoms with E-state index < -0.39 is 0 Å². The molecule has 82 valence electrons. The van der Waals surface area contributed by atoms with Crippen molar-refractivity contribution in [2.75, 3.05) is 11.9 Å². The maximum absolute atomic E-state index is 12.9. The Morgan fingerprint density at radius 1 is 1.33 bits per heavy atom. The van der Waals surface area contributed by atoms with E-state index in [1.54, 1.807) is 6.07 Å². The van der Waals surface area contributed by atoms with Crippen LogP contribution in [0.25, 0.3) is 0 Å². The second-order valence-corrected chi connectivity index (χ2v) is 4.49. The number of rotatable bonds is 3. The number of halogens is 1. The summed E-state index contributed by atoms with van der Waals surface area (Å²) in [5.74, 6) is 0.661. The van der Waals surface area contributed by atoms with Gasteiger partial charge in [-0.15, -0.1) is 0 Å². The first-order chi connectivity index (χ1) is 7.25. The van der Waals surface area contributed by atoms with Gasteiger partial charge in [0.15, 0.2) is 0 Å². The van der Waals surface area contributed by atoms with Crippen molar-refractivity contribution >= 4 is 5.69 Å². The van der Waals surface area contributed by atoms with Gasteiger partial charge in [0.05, 0.1) is 0 Å². The first-order valence-electron chi connectivity index (χ1n) is 5.76. The minimum absolute atomic E-state index is 0.154. The molecule has 0 heterocycles. The average Bonchev–Trinajstić information content (AvgIpc) is 2.69. The fraction of sp³-hybridized carbons (Fsp3) is 0.538. The van der Waals surface area contributed by atoms with Gasteiger partial charge in [-0.25, -0.2) is 4.39 Å². The van der Waals surface area contributed by atoms with E-state index in [1.165, 1.54) is 31.7 Å². The molecule has 0 atom stereocenters. The normalized spacial score (nSPS) is 16.9. The van der Waals surface area contributed by atoms with Crippen molar-refractivity contribution in [1.29, 1.82) is 0 Å². The number of benzene rings is 1. The molecule has 0 aliphatic heterocycles. The first-order valence-corrected chi connectivity index (χ1v) is 5.76. The molecular weight excluding hydrogens is 189 g/mol. The third-order valence-electron chi connectivity index (χ3n) is 3.24. The Kier molecular flexibility index (Phi) is 3.24. The van der Waals surface area contributed by atoms with Crippen molar-refractivity contribution in [3.8, 4) is 0 Å². The van der Waals surface area contributed by atoms with Crippen LogP contribution in [0, 0.1) is 18.7 Å². The van der Waals surface area contributed by atoms with Crippen molar-refractivity contribution < 1.29 is 4.39 Å². The molecule has 0 unspecified atom stereocenters. The third kappa shape index (κ3) is 2.71. The molecule has 1 saturated carbocycles. The molecule has 0 saturated heterocycles. The summed E-state index contributed by atoms with van der Waals surface area (Å²) < 4.78 is 12.9. The van der Waals surface area contributed by atoms with E-state index in [0.717, 1.165) is 23.7 Å². The molecule has 2 rings (SSSR count). The molecule has 0 bridgehead atoms. The summed E-state index contributed by atoms with van der Waals surface area (Å²) in [7, 11) is 0. The van der Waals surface area contributed by atoms with E-state index in [4.69, 9.17) is 0 Å². The quantitative estimate of drug-likeness (QED) is 0.796. The molecule has 0 radical (unpaired) electrons. The van der Waals surface area contributed by atoms with Gasteiger partial charge in [0.1, 0.15) is 5.82 Å². The van der Waals surface area contributed by atoms with E-state index in [0.29, 0.717) is 0 Å². The van der Waals surface area contributed by atoms with E-state index in [1.807, 2.05) is 13.0 Å². The highest BCUT2D eigenvalue weighted by Gasteiger charge is 2.14. The maximum atomic E-state index is 12.9. The molecule has 15 heavy (non-hydrogen) atoms. The van der Waals surface area contributed by atoms with Gasteiger partial charge >= 0.3 is 0 Å². The molecule has 1 aliphatic rings. The predicted molar refractivity (Wildman–Crippen MR) is 61.6 cm³/mol. The highest BCUT2D eigenvalue weighted by molar-refractivity contribution is 5.50. The Morgan fingerprint density at radius 3 is 2.73 bits per heavy atom. The molecule has 1 N–H and O–H groups in total. The molecular formula is C13H18FN. The summed E-state index contributed by atoms with van der Waals surface area (Å²) in [6.07, 6.45) is 5.42. The second-order valence-electron chi connectivity index (χ2n) is 4.49. The molecule has 1 aliphatic carbocycles. The molecule has 1 aromatic carbocycles. The van der Waals surface area contributed by atoms with Gasteiger partial charge < -0.3 is 5.32 Å². The van der Waals surface area contributed by atoms with Crippen LogP contribution in [0.2, 0.25) is 0 Å². The summed E-state index contributed by atoms with van der Waals surface area (Å²) in [6, 6.07) is 4.93. The lowest BCUT2D eigenvalue weighted by atomic mass is 10.1. The number of aryl methyl sites for hydroxylation is 1. The zero-order chi connectivity index (χ0) is 10.7. The topological polar surface area (TPSA) is 12.0 Å². The number of nitrogens with one attached hydrogen (secondary N) is 1. The lowest BCUT2D eigenvalue weighted by Gasteiger charge is -2.13. The van der Waals surface area contributed by atoms with E-state index in [9.17, 15) is 4.39 Å². The molecule has 2 heteroatoms. The average molecular weight is 207 g/mol. The third-order valence-corrected chi connectivity index (χ3v) is 3.24. The standard InChI is InChI=1S/C13H18FN/c1-10-8-12(14)6-7-13(10)15-9-11-4-2-3-5-11/h6-8,11,15H,2-5,9H2,1H3. The van der Waals surface area contributed by atoms with Crippen LogP contribution < -0.4 is 5.32 Å². The Bertz CT molecular complexity index is 329. The summed E-state index contributed by atoms with van der Waals surface area (Å²) in [5, 5.41) is 3.42. The minimum atomic E-state index is -0.154. The molecule has 1 fully saturated rings. The molecule has 1 nitrogen and oxygen atoms in total. The SMILES string of the molecule is Cc1cc(F)ccc1NCC1CCCC1. The lowest BCUT2D eigenvalue weighted by molar-refractivity contribution is 0.579. The van der Waals surface area contributed by atoms with Gasteiger partial charge in [-0.1, -0.05) is 12.8 Å². The summed E-state index contributed by atoms with van der Waals surface area (Å²) in [6.45, 7) is 2.98. The van der Waals surface area contributed by atoms with Crippen LogP contribution >= 0.6 is 0 Å². The number of hydrogen-bond donors (Lipinski definition) is 1. The molecule has 0 aromatic heterocycles. The zero-order valence-corrected chi connectivity index (χ0v) is 9.22. The molecule has 1 aromatic rings. The predicted octanol–water partition coefficient (Wildman–Crippen LogP) is 3.74. The van der Waals surface area contributed by atoms with Gasteiger partial charge in [-0.3, -0.25) is 0 Å². The van der Waals surface area contributed by atoms with Crippen LogP contribution in [0.15, 0.2) is 18.2 Å². The Hall–Kier alpha value is -1.05. The van der Waals surface area contributed by atoms with Crippen molar-refractivity contribution in [1.82, 2.24) is 0 Å². The second kappa shape index (κ2) is 4.65. The van der Waals surface area contributed by atoms with Gasteiger partial charge in [0, 0.05) is 12.2 Å². The monoisotopic (exact) mass is 207 g/mol. The smallest absolute Gasteiger partial charge is 0.123 e. The van der Waals surface area contributed by atoms with Crippen LogP contribution in [-0.2, 0) is 0 Å². The van der Waals surface area contributed by atoms with E-state index in [-0.39, 0.29) is 5.82 Å². The van der Waals surface area contributed by atoms with Crippen molar-refractivity contribution in [2.45, 2.75) is 32.6 Å². The largest absolute Gasteiger partial charge is 0.385 e. The summed E-state index contributed by atoms with van der Waals surface area (Å²) >= 11 is 0. The van der Waals surface area contributed by atoms with E-state index in [2.05, 4.69) is 5.32 Å². The Labute approximate surface area is 90.7 Å². The summed E-state index contributed by atoms with van der Waals surface area (Å²) in [5.41, 5.74) is 2.07. The van der Waals surface area contributed by atoms with E-state index >= 15 is 0 Å². The fourth-order valence-electron chi connectivity index (χ4n) is 2.29. The maximum Gasteiger partial charge on any atom is 0.123 e. The highest BCUT2D eigenvalue weighted by atomic mass is 19.1. The Morgan fingerprint density at radius 2 is 2.07 bits per heavy atom. The van der Waals surface area contributed by atoms with Gasteiger partial charge in [0.2, 0.25) is 0 Å². The van der Waals surface area contributed by atoms with Crippen LogP contribution in [0.3, 0.4) is 0 Å². The lowest BCUT2D eigenvalue weighted by Crippen LogP contribution is -2.11. The number of hydrogen-bond acceptors (Lipinski definition) is 1. The van der Waals surface area contributed by atoms with Crippen molar-refractivity contribution in [3.63, 3.8) is 0 Å². The van der Waals surface area contributed by atoms with Gasteiger partial charge in [-0.05, 0) is 49.4 Å². The summed E-state index contributed by atoms with van der Waals surface area (Å²) in [4.78, 5) is 0. The van der Waals surface area contributed by atoms with Crippen LogP contribution in [0.4, 0.5) is 10.1 Å². The Balaban J connectivity index is 1.92. The highest BCUT2D eigenvalue weighted by Crippen LogP contribution is 2.25. The van der Waals surface area contributed by atoms with Crippen LogP contribution in [0.1, 0.15) is 31.2 Å².